The van der Waals surface area contributed by atoms with Crippen molar-refractivity contribution in [2.24, 2.45) is 5.41 Å². The van der Waals surface area contributed by atoms with E-state index >= 15 is 0 Å². The van der Waals surface area contributed by atoms with E-state index in [1.165, 1.54) is 17.5 Å². The molecule has 2 aromatic heterocycles. The molecule has 3 rings (SSSR count). The average molecular weight is 305 g/mol. The van der Waals surface area contributed by atoms with Crippen LogP contribution in [0.2, 0.25) is 0 Å². The number of amides is 1. The van der Waals surface area contributed by atoms with Crippen molar-refractivity contribution in [3.63, 3.8) is 0 Å². The van der Waals surface area contributed by atoms with E-state index in [0.29, 0.717) is 10.7 Å². The van der Waals surface area contributed by atoms with E-state index in [1.807, 2.05) is 0 Å². The van der Waals surface area contributed by atoms with E-state index in [0.717, 1.165) is 25.6 Å². The summed E-state index contributed by atoms with van der Waals surface area (Å²) in [6.45, 7) is 4.49. The van der Waals surface area contributed by atoms with E-state index in [2.05, 4.69) is 32.7 Å². The van der Waals surface area contributed by atoms with E-state index < -0.39 is 0 Å². The molecule has 1 saturated heterocycles. The van der Waals surface area contributed by atoms with Crippen molar-refractivity contribution in [1.82, 2.24) is 15.2 Å². The Hall–Kier alpha value is -2.06. The van der Waals surface area contributed by atoms with Crippen molar-refractivity contribution in [3.05, 3.63) is 29.4 Å². The Morgan fingerprint density at radius 3 is 2.90 bits per heavy atom. The first-order valence-corrected chi connectivity index (χ1v) is 7.38. The molecule has 21 heavy (non-hydrogen) atoms. The lowest BCUT2D eigenvalue weighted by atomic mass is 9.89. The number of pyridine rings is 1. The van der Waals surface area contributed by atoms with Crippen LogP contribution in [0.15, 0.2) is 23.8 Å². The van der Waals surface area contributed by atoms with Gasteiger partial charge in [-0.25, -0.2) is 4.98 Å². The molecule has 110 valence electrons. The Morgan fingerprint density at radius 1 is 1.48 bits per heavy atom. The van der Waals surface area contributed by atoms with Crippen molar-refractivity contribution in [3.8, 4) is 0 Å². The fourth-order valence-electron chi connectivity index (χ4n) is 1.89. The van der Waals surface area contributed by atoms with Gasteiger partial charge < -0.3 is 10.1 Å². The van der Waals surface area contributed by atoms with Crippen molar-refractivity contribution < 1.29 is 9.53 Å². The van der Waals surface area contributed by atoms with Gasteiger partial charge >= 0.3 is 0 Å². The van der Waals surface area contributed by atoms with Gasteiger partial charge in [-0.2, -0.15) is 0 Å². The summed E-state index contributed by atoms with van der Waals surface area (Å²) in [6, 6.07) is 3.52. The van der Waals surface area contributed by atoms with Crippen molar-refractivity contribution >= 4 is 28.2 Å². The maximum atomic E-state index is 11.9. The lowest BCUT2D eigenvalue weighted by Gasteiger charge is -2.38. The molecule has 3 heterocycles. The molecule has 7 nitrogen and oxygen atoms in total. The van der Waals surface area contributed by atoms with Crippen molar-refractivity contribution in [1.29, 1.82) is 0 Å². The molecule has 0 aliphatic carbocycles. The van der Waals surface area contributed by atoms with E-state index in [4.69, 9.17) is 4.74 Å². The number of carbonyl (C=O) groups is 1. The molecule has 1 aliphatic rings. The summed E-state index contributed by atoms with van der Waals surface area (Å²) in [6.07, 6.45) is 1.54. The molecule has 2 aromatic rings. The third-order valence-electron chi connectivity index (χ3n) is 3.20. The molecule has 0 atom stereocenters. The summed E-state index contributed by atoms with van der Waals surface area (Å²) < 4.78 is 5.20. The summed E-state index contributed by atoms with van der Waals surface area (Å²) >= 11 is 1.27. The monoisotopic (exact) mass is 305 g/mol. The van der Waals surface area contributed by atoms with Gasteiger partial charge in [0.25, 0.3) is 5.91 Å². The number of carbonyl (C=O) groups excluding carboxylic acids is 1. The van der Waals surface area contributed by atoms with Gasteiger partial charge in [0, 0.05) is 18.2 Å². The SMILES string of the molecule is CC1(CNc2ccc(C(=O)Nc3nncs3)cn2)COC1. The molecule has 0 saturated carbocycles. The van der Waals surface area contributed by atoms with Crippen LogP contribution in [0.3, 0.4) is 0 Å². The smallest absolute Gasteiger partial charge is 0.259 e. The van der Waals surface area contributed by atoms with E-state index in [1.54, 1.807) is 17.6 Å². The largest absolute Gasteiger partial charge is 0.380 e. The number of aromatic nitrogens is 3. The minimum absolute atomic E-state index is 0.176. The fourth-order valence-corrected chi connectivity index (χ4v) is 2.33. The van der Waals surface area contributed by atoms with Crippen LogP contribution in [-0.4, -0.2) is 40.8 Å². The number of nitrogens with zero attached hydrogens (tertiary/aromatic N) is 3. The van der Waals surface area contributed by atoms with Gasteiger partial charge in [-0.3, -0.25) is 10.1 Å². The summed E-state index contributed by atoms with van der Waals surface area (Å²) in [5, 5.41) is 13.8. The first-order valence-electron chi connectivity index (χ1n) is 6.50. The molecule has 0 unspecified atom stereocenters. The topological polar surface area (TPSA) is 89.0 Å². The van der Waals surface area contributed by atoms with Crippen LogP contribution in [-0.2, 0) is 4.74 Å². The van der Waals surface area contributed by atoms with Gasteiger partial charge in [0.2, 0.25) is 5.13 Å². The second kappa shape index (κ2) is 5.74. The summed E-state index contributed by atoms with van der Waals surface area (Å²) in [5.41, 5.74) is 2.22. The second-order valence-corrected chi connectivity index (χ2v) is 6.12. The van der Waals surface area contributed by atoms with Gasteiger partial charge in [-0.15, -0.1) is 10.2 Å². The molecule has 8 heteroatoms. The fraction of sp³-hybridized carbons (Fsp3) is 0.385. The number of rotatable bonds is 5. The van der Waals surface area contributed by atoms with Crippen LogP contribution in [0.25, 0.3) is 0 Å². The Balaban J connectivity index is 1.57. The van der Waals surface area contributed by atoms with Crippen LogP contribution in [0.5, 0.6) is 0 Å². The summed E-state index contributed by atoms with van der Waals surface area (Å²) in [7, 11) is 0. The molecule has 2 N–H and O–H groups in total. The van der Waals surface area contributed by atoms with Crippen LogP contribution in [0.4, 0.5) is 10.9 Å². The Morgan fingerprint density at radius 2 is 2.33 bits per heavy atom. The average Bonchev–Trinajstić information content (AvgIpc) is 2.96. The van der Waals surface area contributed by atoms with Gasteiger partial charge in [0.15, 0.2) is 0 Å². The molecule has 1 fully saturated rings. The molecular weight excluding hydrogens is 290 g/mol. The molecule has 0 aromatic carbocycles. The normalized spacial score (nSPS) is 16.0. The number of hydrogen-bond donors (Lipinski definition) is 2. The minimum atomic E-state index is -0.245. The van der Waals surface area contributed by atoms with Crippen LogP contribution in [0, 0.1) is 5.41 Å². The zero-order valence-electron chi connectivity index (χ0n) is 11.5. The first kappa shape index (κ1) is 13.9. The van der Waals surface area contributed by atoms with Crippen LogP contribution >= 0.6 is 11.3 Å². The number of ether oxygens (including phenoxy) is 1. The number of hydrogen-bond acceptors (Lipinski definition) is 7. The summed E-state index contributed by atoms with van der Waals surface area (Å²) in [4.78, 5) is 16.2. The van der Waals surface area contributed by atoms with Gasteiger partial charge in [0.05, 0.1) is 18.8 Å². The minimum Gasteiger partial charge on any atom is -0.380 e. The molecule has 0 bridgehead atoms. The Bertz CT molecular complexity index is 610. The maximum Gasteiger partial charge on any atom is 0.259 e. The van der Waals surface area contributed by atoms with Crippen LogP contribution in [0.1, 0.15) is 17.3 Å². The highest BCUT2D eigenvalue weighted by atomic mass is 32.1. The molecule has 1 amide bonds. The third kappa shape index (κ3) is 3.34. The zero-order valence-corrected chi connectivity index (χ0v) is 12.3. The molecule has 0 radical (unpaired) electrons. The van der Waals surface area contributed by atoms with Gasteiger partial charge in [-0.05, 0) is 12.1 Å². The van der Waals surface area contributed by atoms with E-state index in [-0.39, 0.29) is 11.3 Å². The zero-order chi connectivity index (χ0) is 14.7. The Kier molecular flexibility index (Phi) is 3.80. The second-order valence-electron chi connectivity index (χ2n) is 5.29. The number of anilines is 2. The quantitative estimate of drug-likeness (QED) is 0.873. The highest BCUT2D eigenvalue weighted by molar-refractivity contribution is 7.13. The van der Waals surface area contributed by atoms with E-state index in [9.17, 15) is 4.79 Å². The van der Waals surface area contributed by atoms with Crippen molar-refractivity contribution in [2.75, 3.05) is 30.4 Å². The molecular formula is C13H15N5O2S. The predicted octanol–water partition coefficient (Wildman–Crippen LogP) is 1.63. The third-order valence-corrected chi connectivity index (χ3v) is 3.81. The standard InChI is InChI=1S/C13H15N5O2S/c1-13(6-20-7-13)5-15-10-3-2-9(4-14-10)11(19)17-12-18-16-8-21-12/h2-4,8H,5-7H2,1H3,(H,14,15)(H,17,18,19). The van der Waals surface area contributed by atoms with Crippen molar-refractivity contribution in [2.45, 2.75) is 6.92 Å². The predicted molar refractivity (Wildman–Crippen MR) is 79.5 cm³/mol. The van der Waals surface area contributed by atoms with Gasteiger partial charge in [-0.1, -0.05) is 18.3 Å². The highest BCUT2D eigenvalue weighted by Gasteiger charge is 2.33. The van der Waals surface area contributed by atoms with Crippen LogP contribution < -0.4 is 10.6 Å². The lowest BCUT2D eigenvalue weighted by molar-refractivity contribution is -0.0924. The first-order chi connectivity index (χ1) is 10.1. The Labute approximate surface area is 125 Å². The molecule has 1 aliphatic heterocycles. The highest BCUT2D eigenvalue weighted by Crippen LogP contribution is 2.26. The van der Waals surface area contributed by atoms with Gasteiger partial charge in [0.1, 0.15) is 11.3 Å². The number of nitrogens with one attached hydrogen (secondary N) is 2. The lowest BCUT2D eigenvalue weighted by Crippen LogP contribution is -2.45. The summed E-state index contributed by atoms with van der Waals surface area (Å²) in [5.74, 6) is 0.501. The maximum absolute atomic E-state index is 11.9. The molecule has 0 spiro atoms.